The summed E-state index contributed by atoms with van der Waals surface area (Å²) in [6.07, 6.45) is 6.12. The van der Waals surface area contributed by atoms with Gasteiger partial charge in [-0.1, -0.05) is 0 Å². The minimum absolute atomic E-state index is 0.137. The zero-order chi connectivity index (χ0) is 17.4. The lowest BCUT2D eigenvalue weighted by Crippen LogP contribution is -2.47. The Kier molecular flexibility index (Phi) is 4.31. The first-order chi connectivity index (χ1) is 12.1. The first-order valence-corrected chi connectivity index (χ1v) is 9.22. The van der Waals surface area contributed by atoms with E-state index in [0.29, 0.717) is 25.0 Å². The molecule has 1 unspecified atom stereocenters. The average molecular weight is 343 g/mol. The van der Waals surface area contributed by atoms with Crippen molar-refractivity contribution in [1.29, 1.82) is 0 Å². The van der Waals surface area contributed by atoms with Crippen LogP contribution in [0.1, 0.15) is 32.1 Å². The molecular weight excluding hydrogens is 318 g/mol. The van der Waals surface area contributed by atoms with E-state index in [0.717, 1.165) is 44.6 Å². The maximum absolute atomic E-state index is 12.8. The minimum Gasteiger partial charge on any atom is -0.355 e. The number of nitrogens with zero attached hydrogens (tertiary/aromatic N) is 5. The molecule has 25 heavy (non-hydrogen) atoms. The Morgan fingerprint density at radius 1 is 1.24 bits per heavy atom. The summed E-state index contributed by atoms with van der Waals surface area (Å²) < 4.78 is 0. The highest BCUT2D eigenvalue weighted by molar-refractivity contribution is 5.89. The summed E-state index contributed by atoms with van der Waals surface area (Å²) in [5.41, 5.74) is 0. The van der Waals surface area contributed by atoms with Gasteiger partial charge in [-0.2, -0.15) is 5.10 Å². The molecule has 134 valence electrons. The third-order valence-corrected chi connectivity index (χ3v) is 5.74. The number of hydrogen-bond acceptors (Lipinski definition) is 5. The Bertz CT molecular complexity index is 640. The molecule has 2 saturated heterocycles. The summed E-state index contributed by atoms with van der Waals surface area (Å²) in [5.74, 6) is 1.06. The van der Waals surface area contributed by atoms with Crippen LogP contribution in [-0.2, 0) is 9.59 Å². The second kappa shape index (κ2) is 6.61. The number of amides is 2. The third kappa shape index (κ3) is 3.32. The number of aromatic nitrogens is 2. The minimum atomic E-state index is -0.137. The molecule has 1 aliphatic carbocycles. The first kappa shape index (κ1) is 16.3. The highest BCUT2D eigenvalue weighted by atomic mass is 16.2. The van der Waals surface area contributed by atoms with Crippen LogP contribution in [0.15, 0.2) is 18.3 Å². The number of carbonyl (C=O) groups excluding carboxylic acids is 2. The molecular formula is C18H25N5O2. The summed E-state index contributed by atoms with van der Waals surface area (Å²) in [4.78, 5) is 30.9. The molecule has 1 aromatic heterocycles. The van der Waals surface area contributed by atoms with Crippen LogP contribution in [-0.4, -0.2) is 70.6 Å². The van der Waals surface area contributed by atoms with E-state index < -0.39 is 0 Å². The van der Waals surface area contributed by atoms with Gasteiger partial charge in [-0.3, -0.25) is 9.59 Å². The molecule has 1 aromatic rings. The Labute approximate surface area is 148 Å². The number of hydrogen-bond donors (Lipinski definition) is 0. The lowest BCUT2D eigenvalue weighted by Gasteiger charge is -2.37. The van der Waals surface area contributed by atoms with Gasteiger partial charge in [0.2, 0.25) is 11.8 Å². The number of rotatable bonds is 4. The van der Waals surface area contributed by atoms with Crippen molar-refractivity contribution in [3.8, 4) is 0 Å². The van der Waals surface area contributed by atoms with Crippen molar-refractivity contribution in [2.24, 2.45) is 5.92 Å². The molecule has 1 saturated carbocycles. The lowest BCUT2D eigenvalue weighted by molar-refractivity contribution is -0.136. The zero-order valence-electron chi connectivity index (χ0n) is 14.7. The van der Waals surface area contributed by atoms with Crippen LogP contribution in [0.25, 0.3) is 0 Å². The molecule has 1 atom stereocenters. The van der Waals surface area contributed by atoms with E-state index in [1.54, 1.807) is 6.20 Å². The van der Waals surface area contributed by atoms with Crippen molar-refractivity contribution >= 4 is 17.6 Å². The molecule has 0 N–H and O–H groups in total. The fourth-order valence-corrected chi connectivity index (χ4v) is 4.04. The number of likely N-dealkylation sites (tertiary alicyclic amines) is 2. The molecule has 7 heteroatoms. The molecule has 3 fully saturated rings. The van der Waals surface area contributed by atoms with Crippen molar-refractivity contribution in [2.45, 2.75) is 44.2 Å². The third-order valence-electron chi connectivity index (χ3n) is 5.74. The smallest absolute Gasteiger partial charge is 0.227 e. The van der Waals surface area contributed by atoms with Crippen LogP contribution >= 0.6 is 0 Å². The van der Waals surface area contributed by atoms with Gasteiger partial charge in [0.05, 0.1) is 5.92 Å². The van der Waals surface area contributed by atoms with Gasteiger partial charge >= 0.3 is 0 Å². The van der Waals surface area contributed by atoms with Crippen molar-refractivity contribution < 1.29 is 9.59 Å². The normalized spacial score (nSPS) is 24.7. The fourth-order valence-electron chi connectivity index (χ4n) is 4.04. The monoisotopic (exact) mass is 343 g/mol. The second-order valence-corrected chi connectivity index (χ2v) is 7.43. The van der Waals surface area contributed by atoms with Crippen molar-refractivity contribution in [2.75, 3.05) is 31.6 Å². The number of carbonyl (C=O) groups is 2. The maximum Gasteiger partial charge on any atom is 0.227 e. The van der Waals surface area contributed by atoms with E-state index in [1.807, 2.05) is 29.0 Å². The molecule has 0 aromatic carbocycles. The topological polar surface area (TPSA) is 69.6 Å². The number of piperidine rings is 1. The Hall–Kier alpha value is -2.18. The van der Waals surface area contributed by atoms with E-state index in [-0.39, 0.29) is 17.7 Å². The maximum atomic E-state index is 12.8. The zero-order valence-corrected chi connectivity index (χ0v) is 14.7. The summed E-state index contributed by atoms with van der Waals surface area (Å²) in [6, 6.07) is 4.63. The van der Waals surface area contributed by atoms with Gasteiger partial charge in [0.1, 0.15) is 0 Å². The highest BCUT2D eigenvalue weighted by Gasteiger charge is 2.43. The van der Waals surface area contributed by atoms with Crippen LogP contribution in [0, 0.1) is 5.92 Å². The van der Waals surface area contributed by atoms with Crippen LogP contribution in [0.4, 0.5) is 5.82 Å². The predicted molar refractivity (Wildman–Crippen MR) is 92.9 cm³/mol. The van der Waals surface area contributed by atoms with Gasteiger partial charge in [0, 0.05) is 51.4 Å². The van der Waals surface area contributed by atoms with E-state index in [1.165, 1.54) is 0 Å². The van der Waals surface area contributed by atoms with Gasteiger partial charge in [-0.25, -0.2) is 0 Å². The highest BCUT2D eigenvalue weighted by Crippen LogP contribution is 2.33. The van der Waals surface area contributed by atoms with Gasteiger partial charge in [-0.15, -0.1) is 5.10 Å². The van der Waals surface area contributed by atoms with Crippen molar-refractivity contribution in [3.05, 3.63) is 18.3 Å². The summed E-state index contributed by atoms with van der Waals surface area (Å²) >= 11 is 0. The van der Waals surface area contributed by atoms with E-state index >= 15 is 0 Å². The van der Waals surface area contributed by atoms with Crippen LogP contribution < -0.4 is 4.90 Å². The van der Waals surface area contributed by atoms with Crippen molar-refractivity contribution in [3.63, 3.8) is 0 Å². The summed E-state index contributed by atoms with van der Waals surface area (Å²) in [6.45, 7) is 2.13. The molecule has 3 aliphatic rings. The molecule has 7 nitrogen and oxygen atoms in total. The molecule has 3 heterocycles. The van der Waals surface area contributed by atoms with E-state index in [4.69, 9.17) is 0 Å². The second-order valence-electron chi connectivity index (χ2n) is 7.43. The molecule has 2 aliphatic heterocycles. The van der Waals surface area contributed by atoms with Crippen LogP contribution in [0.2, 0.25) is 0 Å². The average Bonchev–Trinajstić information content (AvgIpc) is 3.43. The van der Waals surface area contributed by atoms with E-state index in [2.05, 4.69) is 15.1 Å². The van der Waals surface area contributed by atoms with Gasteiger partial charge in [-0.05, 0) is 37.8 Å². The predicted octanol–water partition coefficient (Wildman–Crippen LogP) is 0.915. The Balaban J connectivity index is 1.31. The first-order valence-electron chi connectivity index (χ1n) is 9.22. The quantitative estimate of drug-likeness (QED) is 0.813. The lowest BCUT2D eigenvalue weighted by atomic mass is 10.0. The van der Waals surface area contributed by atoms with Gasteiger partial charge in [0.25, 0.3) is 0 Å². The van der Waals surface area contributed by atoms with E-state index in [9.17, 15) is 9.59 Å². The van der Waals surface area contributed by atoms with Gasteiger partial charge in [0.15, 0.2) is 5.82 Å². The molecule has 2 amide bonds. The largest absolute Gasteiger partial charge is 0.355 e. The molecule has 0 radical (unpaired) electrons. The number of anilines is 1. The van der Waals surface area contributed by atoms with Crippen molar-refractivity contribution in [1.82, 2.24) is 20.0 Å². The summed E-state index contributed by atoms with van der Waals surface area (Å²) in [5, 5.41) is 8.10. The summed E-state index contributed by atoms with van der Waals surface area (Å²) in [7, 11) is 2.04. The Morgan fingerprint density at radius 3 is 2.64 bits per heavy atom. The standard InChI is InChI=1S/C18H25N5O2/c1-21(16-3-2-8-19-20-16)14-6-9-22(10-7-14)18(25)13-11-17(24)23(12-13)15-4-5-15/h2-3,8,13-15H,4-7,9-12H2,1H3. The Morgan fingerprint density at radius 2 is 2.00 bits per heavy atom. The van der Waals surface area contributed by atoms with Crippen LogP contribution in [0.3, 0.4) is 0 Å². The van der Waals surface area contributed by atoms with Gasteiger partial charge < -0.3 is 14.7 Å². The molecule has 4 rings (SSSR count). The molecule has 0 spiro atoms. The SMILES string of the molecule is CN(c1cccnn1)C1CCN(C(=O)C2CC(=O)N(C3CC3)C2)CC1. The van der Waals surface area contributed by atoms with Crippen LogP contribution in [0.5, 0.6) is 0 Å². The molecule has 0 bridgehead atoms. The fraction of sp³-hybridized carbons (Fsp3) is 0.667.